The zero-order chi connectivity index (χ0) is 21.0. The van der Waals surface area contributed by atoms with Crippen LogP contribution in [0.1, 0.15) is 88.2 Å². The van der Waals surface area contributed by atoms with Gasteiger partial charge in [-0.2, -0.15) is 13.2 Å². The van der Waals surface area contributed by atoms with E-state index in [9.17, 15) is 22.0 Å². The number of allylic oxidation sites excluding steroid dienone is 1. The van der Waals surface area contributed by atoms with Crippen LogP contribution in [0.25, 0.3) is 6.08 Å². The molecule has 29 heavy (non-hydrogen) atoms. The van der Waals surface area contributed by atoms with Crippen LogP contribution in [-0.2, 0) is 0 Å². The van der Waals surface area contributed by atoms with Crippen LogP contribution in [0.4, 0.5) is 22.0 Å². The Labute approximate surface area is 170 Å². The smallest absolute Gasteiger partial charge is 0.206 e. The average molecular weight is 415 g/mol. The van der Waals surface area contributed by atoms with Gasteiger partial charge in [-0.1, -0.05) is 32.6 Å². The maximum absolute atomic E-state index is 14.2. The molecule has 0 spiro atoms. The summed E-state index contributed by atoms with van der Waals surface area (Å²) in [6.07, 6.45) is 7.59. The third-order valence-electron chi connectivity index (χ3n) is 7.04. The van der Waals surface area contributed by atoms with Crippen LogP contribution in [0.3, 0.4) is 0 Å². The minimum Gasteiger partial charge on any atom is -0.206 e. The second-order valence-corrected chi connectivity index (χ2v) is 8.95. The summed E-state index contributed by atoms with van der Waals surface area (Å²) in [5, 5.41) is 0. The van der Waals surface area contributed by atoms with Crippen LogP contribution in [0.5, 0.6) is 0 Å². The number of hydrogen-bond donors (Lipinski definition) is 0. The van der Waals surface area contributed by atoms with Gasteiger partial charge in [0.05, 0.1) is 0 Å². The monoisotopic (exact) mass is 414 g/mol. The van der Waals surface area contributed by atoms with Gasteiger partial charge in [0.1, 0.15) is 11.6 Å². The number of hydrogen-bond acceptors (Lipinski definition) is 0. The van der Waals surface area contributed by atoms with Gasteiger partial charge >= 0.3 is 6.18 Å². The summed E-state index contributed by atoms with van der Waals surface area (Å²) < 4.78 is 65.4. The summed E-state index contributed by atoms with van der Waals surface area (Å²) in [5.74, 6) is 0.634. The van der Waals surface area contributed by atoms with E-state index in [4.69, 9.17) is 0 Å². The Morgan fingerprint density at radius 2 is 1.38 bits per heavy atom. The Balaban J connectivity index is 1.58. The Morgan fingerprint density at radius 1 is 0.862 bits per heavy atom. The third-order valence-corrected chi connectivity index (χ3v) is 7.04. The van der Waals surface area contributed by atoms with E-state index in [1.54, 1.807) is 0 Å². The van der Waals surface area contributed by atoms with Crippen LogP contribution < -0.4 is 0 Å². The molecule has 2 fully saturated rings. The lowest BCUT2D eigenvalue weighted by Gasteiger charge is -2.38. The molecule has 0 aliphatic heterocycles. The molecule has 0 bridgehead atoms. The number of rotatable bonds is 5. The van der Waals surface area contributed by atoms with Gasteiger partial charge in [-0.15, -0.1) is 0 Å². The van der Waals surface area contributed by atoms with Crippen molar-refractivity contribution >= 4 is 6.08 Å². The van der Waals surface area contributed by atoms with Crippen molar-refractivity contribution in [1.82, 2.24) is 0 Å². The maximum atomic E-state index is 14.2. The zero-order valence-corrected chi connectivity index (χ0v) is 17.1. The van der Waals surface area contributed by atoms with Gasteiger partial charge in [0.25, 0.3) is 0 Å². The summed E-state index contributed by atoms with van der Waals surface area (Å²) in [7, 11) is 0. The molecule has 0 radical (unpaired) electrons. The fourth-order valence-corrected chi connectivity index (χ4v) is 5.46. The molecule has 2 saturated carbocycles. The Hall–Kier alpha value is -1.39. The fraction of sp³-hybridized carbons (Fsp3) is 0.667. The van der Waals surface area contributed by atoms with E-state index in [2.05, 4.69) is 6.92 Å². The molecular weight excluding hydrogens is 383 g/mol. The lowest BCUT2D eigenvalue weighted by Crippen LogP contribution is -2.25. The molecule has 1 aromatic carbocycles. The first-order valence-electron chi connectivity index (χ1n) is 11.0. The minimum atomic E-state index is -4.59. The van der Waals surface area contributed by atoms with E-state index >= 15 is 0 Å². The fourth-order valence-electron chi connectivity index (χ4n) is 5.46. The quantitative estimate of drug-likeness (QED) is 0.424. The molecule has 0 nitrogen and oxygen atoms in total. The summed E-state index contributed by atoms with van der Waals surface area (Å²) in [4.78, 5) is 0. The van der Waals surface area contributed by atoms with E-state index in [0.717, 1.165) is 37.5 Å². The van der Waals surface area contributed by atoms with E-state index in [1.165, 1.54) is 50.7 Å². The van der Waals surface area contributed by atoms with Crippen molar-refractivity contribution in [3.8, 4) is 0 Å². The van der Waals surface area contributed by atoms with Crippen molar-refractivity contribution in [3.05, 3.63) is 41.0 Å². The first-order valence-corrected chi connectivity index (χ1v) is 11.0. The van der Waals surface area contributed by atoms with Gasteiger partial charge < -0.3 is 0 Å². The molecule has 0 heterocycles. The minimum absolute atomic E-state index is 0.0901. The third kappa shape index (κ3) is 6.05. The van der Waals surface area contributed by atoms with E-state index in [-0.39, 0.29) is 12.0 Å². The van der Waals surface area contributed by atoms with E-state index in [0.29, 0.717) is 17.6 Å². The van der Waals surface area contributed by atoms with Crippen molar-refractivity contribution in [2.75, 3.05) is 0 Å². The van der Waals surface area contributed by atoms with E-state index in [1.807, 2.05) is 0 Å². The normalized spacial score (nSPS) is 28.8. The highest BCUT2D eigenvalue weighted by Crippen LogP contribution is 2.44. The highest BCUT2D eigenvalue weighted by atomic mass is 19.4. The lowest BCUT2D eigenvalue weighted by atomic mass is 9.68. The molecule has 0 amide bonds. The molecule has 0 N–H and O–H groups in total. The molecule has 0 unspecified atom stereocenters. The average Bonchev–Trinajstić information content (AvgIpc) is 2.67. The largest absolute Gasteiger partial charge is 0.409 e. The van der Waals surface area contributed by atoms with Crippen molar-refractivity contribution in [2.24, 2.45) is 17.8 Å². The Bertz CT molecular complexity index is 667. The SMILES string of the molecule is CCC[C@H]1CC[C@H]([C@H]2CC[C@H](c3cc(F)c(C=CC(F)(F)F)c(F)c3)CC2)CC1. The summed E-state index contributed by atoms with van der Waals surface area (Å²) in [6.45, 7) is 2.25. The summed E-state index contributed by atoms with van der Waals surface area (Å²) in [5.41, 5.74) is -0.0436. The van der Waals surface area contributed by atoms with Gasteiger partial charge in [-0.05, 0) is 86.0 Å². The molecule has 0 aromatic heterocycles. The first-order chi connectivity index (χ1) is 13.8. The molecule has 2 aliphatic carbocycles. The van der Waals surface area contributed by atoms with Crippen molar-refractivity contribution in [2.45, 2.75) is 83.2 Å². The van der Waals surface area contributed by atoms with Gasteiger partial charge in [0, 0.05) is 11.6 Å². The van der Waals surface area contributed by atoms with Crippen LogP contribution in [-0.4, -0.2) is 6.18 Å². The van der Waals surface area contributed by atoms with Crippen molar-refractivity contribution < 1.29 is 22.0 Å². The molecule has 0 atom stereocenters. The molecule has 5 heteroatoms. The van der Waals surface area contributed by atoms with Crippen LogP contribution in [0, 0.1) is 29.4 Å². The second kappa shape index (κ2) is 9.61. The van der Waals surface area contributed by atoms with Gasteiger partial charge in [0.2, 0.25) is 0 Å². The standard InChI is InChI=1S/C24H31F5/c1-2-3-16-4-6-17(7-5-16)18-8-10-19(11-9-18)20-14-22(25)21(23(26)15-20)12-13-24(27,28)29/h12-19H,2-11H2,1H3/t16-,17-,18-,19-. The van der Waals surface area contributed by atoms with E-state index < -0.39 is 23.4 Å². The van der Waals surface area contributed by atoms with Crippen LogP contribution in [0.2, 0.25) is 0 Å². The highest BCUT2D eigenvalue weighted by molar-refractivity contribution is 5.52. The van der Waals surface area contributed by atoms with Crippen molar-refractivity contribution in [3.63, 3.8) is 0 Å². The predicted octanol–water partition coefficient (Wildman–Crippen LogP) is 8.42. The van der Waals surface area contributed by atoms with Gasteiger partial charge in [0.15, 0.2) is 0 Å². The predicted molar refractivity (Wildman–Crippen MR) is 107 cm³/mol. The maximum Gasteiger partial charge on any atom is 0.409 e. The molecule has 1 aromatic rings. The number of halogens is 5. The highest BCUT2D eigenvalue weighted by Gasteiger charge is 2.31. The Kier molecular flexibility index (Phi) is 7.39. The first kappa shape index (κ1) is 22.3. The van der Waals surface area contributed by atoms with Gasteiger partial charge in [-0.3, -0.25) is 0 Å². The van der Waals surface area contributed by atoms with Gasteiger partial charge in [-0.25, -0.2) is 8.78 Å². The zero-order valence-electron chi connectivity index (χ0n) is 17.1. The topological polar surface area (TPSA) is 0 Å². The molecule has 3 rings (SSSR count). The second-order valence-electron chi connectivity index (χ2n) is 8.95. The van der Waals surface area contributed by atoms with Crippen molar-refractivity contribution in [1.29, 1.82) is 0 Å². The van der Waals surface area contributed by atoms with Crippen LogP contribution >= 0.6 is 0 Å². The molecule has 0 saturated heterocycles. The summed E-state index contributed by atoms with van der Waals surface area (Å²) >= 11 is 0. The number of benzene rings is 1. The summed E-state index contributed by atoms with van der Waals surface area (Å²) in [6, 6.07) is 2.44. The molecular formula is C24H31F5. The molecule has 2 aliphatic rings. The lowest BCUT2D eigenvalue weighted by molar-refractivity contribution is -0.0790. The Morgan fingerprint density at radius 3 is 1.86 bits per heavy atom. The number of alkyl halides is 3. The molecule has 162 valence electrons. The van der Waals surface area contributed by atoms with Crippen LogP contribution in [0.15, 0.2) is 18.2 Å².